The molecule has 0 bridgehead atoms. The van der Waals surface area contributed by atoms with Gasteiger partial charge in [-0.2, -0.15) is 0 Å². The summed E-state index contributed by atoms with van der Waals surface area (Å²) >= 11 is 0. The summed E-state index contributed by atoms with van der Waals surface area (Å²) in [6.45, 7) is 5.53. The average molecular weight is 233 g/mol. The van der Waals surface area contributed by atoms with Crippen LogP contribution in [0.3, 0.4) is 0 Å². The zero-order chi connectivity index (χ0) is 12.0. The monoisotopic (exact) mass is 233 g/mol. The first kappa shape index (κ1) is 10.3. The van der Waals surface area contributed by atoms with Gasteiger partial charge < -0.3 is 5.32 Å². The van der Waals surface area contributed by atoms with Gasteiger partial charge in [0.15, 0.2) is 5.82 Å². The van der Waals surface area contributed by atoms with E-state index in [1.165, 1.54) is 6.33 Å². The standard InChI is InChI=1S/C11H15N5O/c1-3-4-15-9-8(13-6-14-9)10-12-5-7(2)16(10)11(15)17/h6-7,12H,3-5H2,1-2H3. The number of aromatic nitrogens is 4. The fourth-order valence-electron chi connectivity index (χ4n) is 2.39. The topological polar surface area (TPSA) is 64.7 Å². The van der Waals surface area contributed by atoms with Crippen LogP contribution in [-0.4, -0.2) is 25.6 Å². The van der Waals surface area contributed by atoms with Crippen molar-refractivity contribution in [3.8, 4) is 11.5 Å². The molecule has 17 heavy (non-hydrogen) atoms. The zero-order valence-electron chi connectivity index (χ0n) is 9.97. The van der Waals surface area contributed by atoms with E-state index in [2.05, 4.69) is 15.3 Å². The van der Waals surface area contributed by atoms with Crippen LogP contribution in [0.1, 0.15) is 26.3 Å². The van der Waals surface area contributed by atoms with Gasteiger partial charge in [-0.05, 0) is 13.3 Å². The van der Waals surface area contributed by atoms with E-state index in [0.29, 0.717) is 12.4 Å². The summed E-state index contributed by atoms with van der Waals surface area (Å²) in [4.78, 5) is 20.8. The maximum absolute atomic E-state index is 12.4. The highest BCUT2D eigenvalue weighted by molar-refractivity contribution is 5.68. The molecule has 1 unspecified atom stereocenters. The Morgan fingerprint density at radius 2 is 2.35 bits per heavy atom. The Labute approximate surface area is 98.7 Å². The highest BCUT2D eigenvalue weighted by Crippen LogP contribution is 2.30. The van der Waals surface area contributed by atoms with Crippen molar-refractivity contribution in [2.45, 2.75) is 32.9 Å². The summed E-state index contributed by atoms with van der Waals surface area (Å²) in [5.74, 6) is 1.49. The fraction of sp³-hybridized carbons (Fsp3) is 0.545. The molecule has 0 saturated carbocycles. The largest absolute Gasteiger partial charge is 0.367 e. The molecule has 90 valence electrons. The van der Waals surface area contributed by atoms with Gasteiger partial charge in [0.05, 0.1) is 6.04 Å². The summed E-state index contributed by atoms with van der Waals surface area (Å²) in [6.07, 6.45) is 2.42. The second-order valence-electron chi connectivity index (χ2n) is 4.43. The molecule has 3 heterocycles. The summed E-state index contributed by atoms with van der Waals surface area (Å²) in [5.41, 5.74) is 0.801. The van der Waals surface area contributed by atoms with Crippen LogP contribution in [0.15, 0.2) is 11.1 Å². The summed E-state index contributed by atoms with van der Waals surface area (Å²) in [7, 11) is 0. The van der Waals surface area contributed by atoms with E-state index in [9.17, 15) is 4.79 Å². The number of anilines is 1. The van der Waals surface area contributed by atoms with Gasteiger partial charge >= 0.3 is 5.69 Å². The second-order valence-corrected chi connectivity index (χ2v) is 4.43. The Bertz CT molecular complexity index is 584. The van der Waals surface area contributed by atoms with E-state index in [4.69, 9.17) is 0 Å². The van der Waals surface area contributed by atoms with Crippen molar-refractivity contribution in [1.82, 2.24) is 19.1 Å². The summed E-state index contributed by atoms with van der Waals surface area (Å²) in [5, 5.41) is 3.24. The van der Waals surface area contributed by atoms with E-state index in [1.54, 1.807) is 9.13 Å². The molecule has 6 heteroatoms. The molecule has 0 aliphatic carbocycles. The van der Waals surface area contributed by atoms with Crippen LogP contribution in [0.2, 0.25) is 0 Å². The number of nitrogens with one attached hydrogen (secondary N) is 1. The smallest absolute Gasteiger partial charge is 0.331 e. The minimum absolute atomic E-state index is 0.00681. The Hall–Kier alpha value is -1.85. The maximum atomic E-state index is 12.4. The van der Waals surface area contributed by atoms with E-state index < -0.39 is 0 Å². The van der Waals surface area contributed by atoms with Gasteiger partial charge in [-0.3, -0.25) is 9.13 Å². The van der Waals surface area contributed by atoms with Gasteiger partial charge in [-0.25, -0.2) is 14.8 Å². The molecule has 1 N–H and O–H groups in total. The number of rotatable bonds is 2. The van der Waals surface area contributed by atoms with Crippen LogP contribution in [0.25, 0.3) is 11.5 Å². The van der Waals surface area contributed by atoms with Crippen LogP contribution in [0, 0.1) is 0 Å². The quantitative estimate of drug-likeness (QED) is 0.838. The van der Waals surface area contributed by atoms with Crippen LogP contribution < -0.4 is 11.0 Å². The highest BCUT2D eigenvalue weighted by atomic mass is 16.1. The van der Waals surface area contributed by atoms with E-state index >= 15 is 0 Å². The van der Waals surface area contributed by atoms with Crippen LogP contribution in [0.4, 0.5) is 5.82 Å². The predicted molar refractivity (Wildman–Crippen MR) is 64.4 cm³/mol. The van der Waals surface area contributed by atoms with E-state index in [1.807, 2.05) is 13.8 Å². The predicted octanol–water partition coefficient (Wildman–Crippen LogP) is 0.941. The van der Waals surface area contributed by atoms with Gasteiger partial charge in [0.2, 0.25) is 0 Å². The molecule has 0 aromatic heterocycles. The first-order chi connectivity index (χ1) is 8.24. The molecule has 3 aliphatic rings. The SMILES string of the molecule is CCCn1c2ncnc-2c2n(c1=O)C(C)CN2. The second kappa shape index (κ2) is 3.58. The Morgan fingerprint density at radius 1 is 1.53 bits per heavy atom. The molecule has 1 atom stereocenters. The number of hydrogen-bond acceptors (Lipinski definition) is 4. The molecule has 3 aliphatic heterocycles. The third kappa shape index (κ3) is 1.30. The third-order valence-electron chi connectivity index (χ3n) is 3.19. The molecule has 3 rings (SSSR count). The summed E-state index contributed by atoms with van der Waals surface area (Å²) < 4.78 is 3.50. The van der Waals surface area contributed by atoms with Gasteiger partial charge in [0, 0.05) is 13.1 Å². The minimum Gasteiger partial charge on any atom is -0.367 e. The third-order valence-corrected chi connectivity index (χ3v) is 3.19. The molecular formula is C11H15N5O. The molecule has 0 fully saturated rings. The lowest BCUT2D eigenvalue weighted by Crippen LogP contribution is -2.33. The van der Waals surface area contributed by atoms with Crippen molar-refractivity contribution < 1.29 is 0 Å². The van der Waals surface area contributed by atoms with Gasteiger partial charge in [-0.15, -0.1) is 0 Å². The summed E-state index contributed by atoms with van der Waals surface area (Å²) in [6, 6.07) is 0.168. The Morgan fingerprint density at radius 3 is 3.12 bits per heavy atom. The fourth-order valence-corrected chi connectivity index (χ4v) is 2.39. The Kier molecular flexibility index (Phi) is 2.17. The molecule has 0 aromatic rings. The van der Waals surface area contributed by atoms with Crippen molar-refractivity contribution >= 4 is 5.82 Å². The number of nitrogens with zero attached hydrogens (tertiary/aromatic N) is 4. The molecule has 0 aromatic carbocycles. The van der Waals surface area contributed by atoms with Crippen molar-refractivity contribution in [3.05, 3.63) is 16.8 Å². The lowest BCUT2D eigenvalue weighted by atomic mass is 10.3. The maximum Gasteiger partial charge on any atom is 0.331 e. The number of hydrogen-bond donors (Lipinski definition) is 1. The molecule has 0 amide bonds. The number of fused-ring (bicyclic) bond motifs is 3. The lowest BCUT2D eigenvalue weighted by molar-refractivity contribution is 0.535. The first-order valence-electron chi connectivity index (χ1n) is 5.93. The van der Waals surface area contributed by atoms with Crippen molar-refractivity contribution in [2.24, 2.45) is 0 Å². The highest BCUT2D eigenvalue weighted by Gasteiger charge is 2.28. The van der Waals surface area contributed by atoms with E-state index in [0.717, 1.165) is 24.5 Å². The van der Waals surface area contributed by atoms with Crippen molar-refractivity contribution in [1.29, 1.82) is 0 Å². The van der Waals surface area contributed by atoms with Gasteiger partial charge in [-0.1, -0.05) is 6.92 Å². The molecule has 0 saturated heterocycles. The van der Waals surface area contributed by atoms with Gasteiger partial charge in [0.25, 0.3) is 0 Å². The number of imidazole rings is 1. The minimum atomic E-state index is 0.00681. The average Bonchev–Trinajstić information content (AvgIpc) is 2.90. The molecule has 0 spiro atoms. The normalized spacial score (nSPS) is 18.4. The van der Waals surface area contributed by atoms with Crippen LogP contribution in [0.5, 0.6) is 0 Å². The lowest BCUT2D eigenvalue weighted by Gasteiger charge is -2.15. The van der Waals surface area contributed by atoms with E-state index in [-0.39, 0.29) is 11.7 Å². The Balaban J connectivity index is 2.36. The van der Waals surface area contributed by atoms with Crippen molar-refractivity contribution in [3.63, 3.8) is 0 Å². The molecule has 0 radical (unpaired) electrons. The van der Waals surface area contributed by atoms with Gasteiger partial charge in [0.1, 0.15) is 17.8 Å². The van der Waals surface area contributed by atoms with Crippen LogP contribution >= 0.6 is 0 Å². The van der Waals surface area contributed by atoms with Crippen LogP contribution in [-0.2, 0) is 6.54 Å². The van der Waals surface area contributed by atoms with Crippen molar-refractivity contribution in [2.75, 3.05) is 11.9 Å². The first-order valence-corrected chi connectivity index (χ1v) is 5.93. The molecular weight excluding hydrogens is 218 g/mol. The molecule has 6 nitrogen and oxygen atoms in total. The zero-order valence-corrected chi connectivity index (χ0v) is 9.97.